The van der Waals surface area contributed by atoms with Crippen molar-refractivity contribution in [2.24, 2.45) is 0 Å². The summed E-state index contributed by atoms with van der Waals surface area (Å²) in [5.74, 6) is -0.841. The number of alkyl carbamates (subject to hydrolysis) is 1. The predicted molar refractivity (Wildman–Crippen MR) is 139 cm³/mol. The molecule has 0 aliphatic carbocycles. The summed E-state index contributed by atoms with van der Waals surface area (Å²) in [6, 6.07) is 10.3. The number of ether oxygens (including phenoxy) is 2. The Hall–Kier alpha value is -3.79. The number of nitrogens with zero attached hydrogens (tertiary/aromatic N) is 1. The Bertz CT molecular complexity index is 1050. The maximum absolute atomic E-state index is 13.7. The first-order chi connectivity index (χ1) is 17.5. The fraction of sp³-hybridized carbons (Fsp3) is 0.444. The Labute approximate surface area is 217 Å². The molecule has 4 N–H and O–H groups in total. The molecular weight excluding hydrogens is 478 g/mol. The van der Waals surface area contributed by atoms with Gasteiger partial charge in [-0.15, -0.1) is 0 Å². The van der Waals surface area contributed by atoms with E-state index in [0.717, 1.165) is 0 Å². The summed E-state index contributed by atoms with van der Waals surface area (Å²) in [6.45, 7) is 6.37. The molecule has 2 aromatic rings. The van der Waals surface area contributed by atoms with Crippen LogP contribution in [0.15, 0.2) is 48.5 Å². The van der Waals surface area contributed by atoms with Gasteiger partial charge in [-0.1, -0.05) is 31.5 Å². The molecule has 0 radical (unpaired) electrons. The molecule has 2 atom stereocenters. The van der Waals surface area contributed by atoms with Crippen LogP contribution >= 0.6 is 0 Å². The van der Waals surface area contributed by atoms with Crippen molar-refractivity contribution >= 4 is 23.6 Å². The van der Waals surface area contributed by atoms with Crippen molar-refractivity contribution in [3.05, 3.63) is 54.1 Å². The largest absolute Gasteiger partial charge is 0.508 e. The Morgan fingerprint density at radius 2 is 1.70 bits per heavy atom. The minimum atomic E-state index is -1.37. The number of anilines is 1. The van der Waals surface area contributed by atoms with E-state index in [1.54, 1.807) is 63.2 Å². The van der Waals surface area contributed by atoms with Gasteiger partial charge >= 0.3 is 6.09 Å². The molecule has 0 aromatic heterocycles. The molecule has 2 rings (SSSR count). The lowest BCUT2D eigenvalue weighted by Crippen LogP contribution is -2.54. The van der Waals surface area contributed by atoms with Gasteiger partial charge in [0.05, 0.1) is 13.7 Å². The standard InChI is InChI=1S/C27H37N3O7/c1-6-7-16-30(25(34)21(17-31)29-26(35)37-27(2,3)4)23(20-10-8-9-11-22(20)32)24(33)28-18-12-14-19(36-5)15-13-18/h8-15,21,23,31-32H,6-7,16-17H2,1-5H3,(H,28,33)(H,29,35). The fourth-order valence-corrected chi connectivity index (χ4v) is 3.58. The van der Waals surface area contributed by atoms with Crippen LogP contribution in [0.4, 0.5) is 10.5 Å². The zero-order valence-electron chi connectivity index (χ0n) is 22.0. The smallest absolute Gasteiger partial charge is 0.408 e. The van der Waals surface area contributed by atoms with Gasteiger partial charge in [0.25, 0.3) is 5.91 Å². The second-order valence-corrected chi connectivity index (χ2v) is 9.45. The van der Waals surface area contributed by atoms with Crippen molar-refractivity contribution < 1.29 is 34.1 Å². The molecule has 0 heterocycles. The molecule has 0 spiro atoms. The van der Waals surface area contributed by atoms with E-state index in [9.17, 15) is 24.6 Å². The van der Waals surface area contributed by atoms with Crippen LogP contribution in [0.3, 0.4) is 0 Å². The molecule has 2 unspecified atom stereocenters. The quantitative estimate of drug-likeness (QED) is 0.359. The third-order valence-electron chi connectivity index (χ3n) is 5.36. The first kappa shape index (κ1) is 29.4. The van der Waals surface area contributed by atoms with Crippen molar-refractivity contribution in [3.8, 4) is 11.5 Å². The zero-order chi connectivity index (χ0) is 27.6. The molecule has 0 bridgehead atoms. The molecule has 0 saturated carbocycles. The van der Waals surface area contributed by atoms with Crippen LogP contribution in [0.2, 0.25) is 0 Å². The normalized spacial score (nSPS) is 12.7. The number of benzene rings is 2. The van der Waals surface area contributed by atoms with Gasteiger partial charge in [0.15, 0.2) is 0 Å². The number of aliphatic hydroxyl groups is 1. The van der Waals surface area contributed by atoms with Crippen molar-refractivity contribution in [2.45, 2.75) is 58.2 Å². The van der Waals surface area contributed by atoms with Crippen LogP contribution < -0.4 is 15.4 Å². The van der Waals surface area contributed by atoms with Crippen LogP contribution in [0.1, 0.15) is 52.1 Å². The Morgan fingerprint density at radius 1 is 1.05 bits per heavy atom. The first-order valence-electron chi connectivity index (χ1n) is 12.1. The van der Waals surface area contributed by atoms with Crippen molar-refractivity contribution in [1.82, 2.24) is 10.2 Å². The number of aliphatic hydroxyl groups excluding tert-OH is 1. The van der Waals surface area contributed by atoms with Gasteiger partial charge in [0.1, 0.15) is 29.2 Å². The van der Waals surface area contributed by atoms with Gasteiger partial charge in [-0.25, -0.2) is 4.79 Å². The minimum absolute atomic E-state index is 0.136. The number of amides is 3. The lowest BCUT2D eigenvalue weighted by atomic mass is 10.0. The van der Waals surface area contributed by atoms with Gasteiger partial charge in [-0.3, -0.25) is 9.59 Å². The molecule has 202 valence electrons. The second kappa shape index (κ2) is 13.5. The van der Waals surface area contributed by atoms with Crippen molar-refractivity contribution in [2.75, 3.05) is 25.6 Å². The maximum atomic E-state index is 13.7. The summed E-state index contributed by atoms with van der Waals surface area (Å²) in [5.41, 5.74) is -0.155. The van der Waals surface area contributed by atoms with Crippen LogP contribution in [-0.4, -0.2) is 64.9 Å². The highest BCUT2D eigenvalue weighted by Crippen LogP contribution is 2.31. The highest BCUT2D eigenvalue weighted by atomic mass is 16.6. The average molecular weight is 516 g/mol. The molecular formula is C27H37N3O7. The summed E-state index contributed by atoms with van der Waals surface area (Å²) >= 11 is 0. The lowest BCUT2D eigenvalue weighted by molar-refractivity contribution is -0.141. The van der Waals surface area contributed by atoms with Crippen LogP contribution in [0.25, 0.3) is 0 Å². The van der Waals surface area contributed by atoms with Gasteiger partial charge in [-0.2, -0.15) is 0 Å². The van der Waals surface area contributed by atoms with Crippen LogP contribution in [0, 0.1) is 0 Å². The number of phenols is 1. The third kappa shape index (κ3) is 8.68. The summed E-state index contributed by atoms with van der Waals surface area (Å²) < 4.78 is 10.4. The molecule has 37 heavy (non-hydrogen) atoms. The number of rotatable bonds is 11. The number of hydrogen-bond donors (Lipinski definition) is 4. The van der Waals surface area contributed by atoms with Gasteiger partial charge < -0.3 is 35.2 Å². The molecule has 3 amide bonds. The minimum Gasteiger partial charge on any atom is -0.508 e. The summed E-state index contributed by atoms with van der Waals surface area (Å²) in [6.07, 6.45) is 0.369. The van der Waals surface area contributed by atoms with E-state index in [4.69, 9.17) is 9.47 Å². The number of aromatic hydroxyl groups is 1. The summed E-state index contributed by atoms with van der Waals surface area (Å²) in [7, 11) is 1.53. The number of carbonyl (C=O) groups excluding carboxylic acids is 3. The SMILES string of the molecule is CCCCN(C(=O)C(CO)NC(=O)OC(C)(C)C)C(C(=O)Nc1ccc(OC)cc1)c1ccccc1O. The van der Waals surface area contributed by atoms with Gasteiger partial charge in [0.2, 0.25) is 5.91 Å². The van der Waals surface area contributed by atoms with E-state index in [-0.39, 0.29) is 17.9 Å². The van der Waals surface area contributed by atoms with Crippen molar-refractivity contribution in [1.29, 1.82) is 0 Å². The third-order valence-corrected chi connectivity index (χ3v) is 5.36. The van der Waals surface area contributed by atoms with Crippen LogP contribution in [-0.2, 0) is 14.3 Å². The fourth-order valence-electron chi connectivity index (χ4n) is 3.58. The number of nitrogens with one attached hydrogen (secondary N) is 2. The van der Waals surface area contributed by atoms with E-state index < -0.39 is 42.2 Å². The van der Waals surface area contributed by atoms with E-state index in [1.165, 1.54) is 18.1 Å². The number of phenolic OH excluding ortho intramolecular Hbond substituents is 1. The highest BCUT2D eigenvalue weighted by Gasteiger charge is 2.37. The van der Waals surface area contributed by atoms with Crippen LogP contribution in [0.5, 0.6) is 11.5 Å². The molecule has 0 fully saturated rings. The average Bonchev–Trinajstić information content (AvgIpc) is 2.84. The monoisotopic (exact) mass is 515 g/mol. The molecule has 10 nitrogen and oxygen atoms in total. The number of para-hydroxylation sites is 1. The highest BCUT2D eigenvalue weighted by molar-refractivity contribution is 5.99. The first-order valence-corrected chi connectivity index (χ1v) is 12.1. The Morgan fingerprint density at radius 3 is 2.24 bits per heavy atom. The summed E-state index contributed by atoms with van der Waals surface area (Å²) in [4.78, 5) is 40.9. The van der Waals surface area contributed by atoms with E-state index in [2.05, 4.69) is 10.6 Å². The zero-order valence-corrected chi connectivity index (χ0v) is 22.0. The van der Waals surface area contributed by atoms with E-state index in [1.807, 2.05) is 6.92 Å². The van der Waals surface area contributed by atoms with Gasteiger partial charge in [-0.05, 0) is 57.5 Å². The summed E-state index contributed by atoms with van der Waals surface area (Å²) in [5, 5.41) is 25.8. The second-order valence-electron chi connectivity index (χ2n) is 9.45. The number of hydrogen-bond acceptors (Lipinski definition) is 7. The maximum Gasteiger partial charge on any atom is 0.408 e. The molecule has 2 aromatic carbocycles. The lowest BCUT2D eigenvalue weighted by Gasteiger charge is -2.34. The van der Waals surface area contributed by atoms with Gasteiger partial charge in [0, 0.05) is 17.8 Å². The topological polar surface area (TPSA) is 137 Å². The van der Waals surface area contributed by atoms with E-state index in [0.29, 0.717) is 24.3 Å². The molecule has 10 heteroatoms. The molecule has 0 aliphatic heterocycles. The number of unbranched alkanes of at least 4 members (excludes halogenated alkanes) is 1. The molecule has 0 aliphatic rings. The number of methoxy groups -OCH3 is 1. The predicted octanol–water partition coefficient (Wildman–Crippen LogP) is 3.59. The Balaban J connectivity index is 2.45. The number of carbonyl (C=O) groups is 3. The molecule has 0 saturated heterocycles. The van der Waals surface area contributed by atoms with Crippen molar-refractivity contribution in [3.63, 3.8) is 0 Å². The van der Waals surface area contributed by atoms with E-state index >= 15 is 0 Å². The Kier molecular flexibility index (Phi) is 10.7.